The van der Waals surface area contributed by atoms with Crippen molar-refractivity contribution in [1.29, 1.82) is 0 Å². The number of alkyl halides is 3. The zero-order valence-electron chi connectivity index (χ0n) is 11.0. The molecule has 1 aliphatic rings. The zero-order valence-corrected chi connectivity index (χ0v) is 12.6. The van der Waals surface area contributed by atoms with Gasteiger partial charge in [0.25, 0.3) is 0 Å². The van der Waals surface area contributed by atoms with Gasteiger partial charge < -0.3 is 5.73 Å². The van der Waals surface area contributed by atoms with Crippen molar-refractivity contribution in [1.82, 2.24) is 14.1 Å². The van der Waals surface area contributed by atoms with Crippen LogP contribution in [0.1, 0.15) is 12.8 Å². The van der Waals surface area contributed by atoms with Crippen LogP contribution in [0.25, 0.3) is 0 Å². The molecule has 1 aromatic rings. The minimum Gasteiger partial charge on any atom is -0.327 e. The number of aromatic nitrogens is 2. The van der Waals surface area contributed by atoms with Crippen molar-refractivity contribution in [3.05, 3.63) is 12.4 Å². The third kappa shape index (κ3) is 4.56. The van der Waals surface area contributed by atoms with E-state index in [4.69, 9.17) is 5.73 Å². The van der Waals surface area contributed by atoms with Gasteiger partial charge in [0, 0.05) is 25.3 Å². The Bertz CT molecular complexity index is 575. The molecule has 0 aromatic carbocycles. The van der Waals surface area contributed by atoms with Gasteiger partial charge in [0.05, 0.1) is 6.20 Å². The van der Waals surface area contributed by atoms with Gasteiger partial charge in [-0.15, -0.1) is 12.4 Å². The first-order valence-corrected chi connectivity index (χ1v) is 7.47. The van der Waals surface area contributed by atoms with Crippen LogP contribution < -0.4 is 5.73 Å². The van der Waals surface area contributed by atoms with Crippen molar-refractivity contribution >= 4 is 22.4 Å². The maximum Gasteiger partial charge on any atom is 0.408 e. The average Bonchev–Trinajstić information content (AvgIpc) is 2.75. The van der Waals surface area contributed by atoms with Crippen LogP contribution in [-0.4, -0.2) is 47.8 Å². The standard InChI is InChI=1S/C10H15F3N4O2S.ClH/c11-10(12,13)7-16-6-9(4-15-16)20(18,19)17-3-1-2-8(14)5-17;/h4,6,8H,1-3,5,7,14H2;1H. The van der Waals surface area contributed by atoms with Gasteiger partial charge in [0.1, 0.15) is 11.4 Å². The van der Waals surface area contributed by atoms with E-state index >= 15 is 0 Å². The fourth-order valence-electron chi connectivity index (χ4n) is 2.09. The molecule has 6 nitrogen and oxygen atoms in total. The van der Waals surface area contributed by atoms with E-state index < -0.39 is 22.7 Å². The predicted molar refractivity (Wildman–Crippen MR) is 71.5 cm³/mol. The molecule has 122 valence electrons. The smallest absolute Gasteiger partial charge is 0.327 e. The minimum absolute atomic E-state index is 0. The van der Waals surface area contributed by atoms with Crippen molar-refractivity contribution in [2.24, 2.45) is 5.73 Å². The molecular weight excluding hydrogens is 333 g/mol. The van der Waals surface area contributed by atoms with E-state index in [9.17, 15) is 21.6 Å². The fourth-order valence-corrected chi connectivity index (χ4v) is 3.58. The van der Waals surface area contributed by atoms with Gasteiger partial charge in [-0.3, -0.25) is 4.68 Å². The summed E-state index contributed by atoms with van der Waals surface area (Å²) in [6, 6.07) is -0.247. The molecule has 2 rings (SSSR count). The third-order valence-corrected chi connectivity index (χ3v) is 4.83. The Balaban J connectivity index is 0.00000220. The van der Waals surface area contributed by atoms with Gasteiger partial charge in [0.2, 0.25) is 10.0 Å². The maximum absolute atomic E-state index is 12.2. The Morgan fingerprint density at radius 2 is 2.10 bits per heavy atom. The quantitative estimate of drug-likeness (QED) is 0.883. The highest BCUT2D eigenvalue weighted by Gasteiger charge is 2.32. The van der Waals surface area contributed by atoms with Crippen LogP contribution in [0.5, 0.6) is 0 Å². The normalized spacial score (nSPS) is 21.0. The summed E-state index contributed by atoms with van der Waals surface area (Å²) in [5.41, 5.74) is 5.71. The molecule has 21 heavy (non-hydrogen) atoms. The van der Waals surface area contributed by atoms with E-state index in [2.05, 4.69) is 5.10 Å². The summed E-state index contributed by atoms with van der Waals surface area (Å²) in [5, 5.41) is 3.44. The molecule has 2 N–H and O–H groups in total. The van der Waals surface area contributed by atoms with Crippen LogP contribution in [0.15, 0.2) is 17.3 Å². The van der Waals surface area contributed by atoms with Crippen LogP contribution in [0.2, 0.25) is 0 Å². The maximum atomic E-state index is 12.2. The van der Waals surface area contributed by atoms with Gasteiger partial charge in [-0.25, -0.2) is 8.42 Å². The van der Waals surface area contributed by atoms with E-state index in [0.717, 1.165) is 18.8 Å². The lowest BCUT2D eigenvalue weighted by Crippen LogP contribution is -2.45. The number of sulfonamides is 1. The number of hydrogen-bond acceptors (Lipinski definition) is 4. The topological polar surface area (TPSA) is 81.2 Å². The Hall–Kier alpha value is -0.840. The first-order chi connectivity index (χ1) is 9.18. The van der Waals surface area contributed by atoms with Crippen LogP contribution >= 0.6 is 12.4 Å². The molecule has 11 heteroatoms. The minimum atomic E-state index is -4.44. The Kier molecular flexibility index (Phi) is 5.64. The number of rotatable bonds is 3. The molecule has 1 aliphatic heterocycles. The lowest BCUT2D eigenvalue weighted by molar-refractivity contribution is -0.142. The highest BCUT2D eigenvalue weighted by Crippen LogP contribution is 2.21. The fraction of sp³-hybridized carbons (Fsp3) is 0.700. The Morgan fingerprint density at radius 3 is 2.67 bits per heavy atom. The molecule has 0 saturated carbocycles. The zero-order chi connectivity index (χ0) is 15.0. The van der Waals surface area contributed by atoms with Crippen LogP contribution in [-0.2, 0) is 16.6 Å². The Morgan fingerprint density at radius 1 is 1.43 bits per heavy atom. The van der Waals surface area contributed by atoms with E-state index in [1.807, 2.05) is 0 Å². The SMILES string of the molecule is Cl.NC1CCCN(S(=O)(=O)c2cnn(CC(F)(F)F)c2)C1. The van der Waals surface area contributed by atoms with Crippen molar-refractivity contribution in [3.8, 4) is 0 Å². The summed E-state index contributed by atoms with van der Waals surface area (Å²) in [7, 11) is -3.83. The van der Waals surface area contributed by atoms with Gasteiger partial charge in [-0.05, 0) is 12.8 Å². The lowest BCUT2D eigenvalue weighted by Gasteiger charge is -2.29. The van der Waals surface area contributed by atoms with Crippen LogP contribution in [0.3, 0.4) is 0 Å². The van der Waals surface area contributed by atoms with Gasteiger partial charge in [-0.1, -0.05) is 0 Å². The van der Waals surface area contributed by atoms with Gasteiger partial charge in [0.15, 0.2) is 0 Å². The number of hydrogen-bond donors (Lipinski definition) is 1. The van der Waals surface area contributed by atoms with E-state index in [1.165, 1.54) is 4.31 Å². The molecule has 0 spiro atoms. The molecule has 1 saturated heterocycles. The highest BCUT2D eigenvalue weighted by atomic mass is 35.5. The number of piperidine rings is 1. The van der Waals surface area contributed by atoms with E-state index in [-0.39, 0.29) is 29.9 Å². The van der Waals surface area contributed by atoms with Crippen molar-refractivity contribution in [3.63, 3.8) is 0 Å². The molecule has 2 heterocycles. The molecule has 0 aliphatic carbocycles. The summed E-state index contributed by atoms with van der Waals surface area (Å²) >= 11 is 0. The van der Waals surface area contributed by atoms with Gasteiger partial charge >= 0.3 is 6.18 Å². The predicted octanol–water partition coefficient (Wildman–Crippen LogP) is 0.979. The van der Waals surface area contributed by atoms with Crippen molar-refractivity contribution in [2.75, 3.05) is 13.1 Å². The number of nitrogens with two attached hydrogens (primary N) is 1. The first-order valence-electron chi connectivity index (χ1n) is 6.03. The highest BCUT2D eigenvalue weighted by molar-refractivity contribution is 7.89. The summed E-state index contributed by atoms with van der Waals surface area (Å²) in [6.45, 7) is -0.824. The third-order valence-electron chi connectivity index (χ3n) is 3.01. The molecule has 1 atom stereocenters. The Labute approximate surface area is 126 Å². The van der Waals surface area contributed by atoms with Crippen LogP contribution in [0.4, 0.5) is 13.2 Å². The molecule has 0 radical (unpaired) electrons. The molecule has 0 bridgehead atoms. The monoisotopic (exact) mass is 348 g/mol. The average molecular weight is 349 g/mol. The second kappa shape index (κ2) is 6.51. The van der Waals surface area contributed by atoms with Crippen molar-refractivity contribution < 1.29 is 21.6 Å². The van der Waals surface area contributed by atoms with Crippen molar-refractivity contribution in [2.45, 2.75) is 36.5 Å². The lowest BCUT2D eigenvalue weighted by atomic mass is 10.1. The summed E-state index contributed by atoms with van der Waals surface area (Å²) < 4.78 is 62.9. The summed E-state index contributed by atoms with van der Waals surface area (Å²) in [5.74, 6) is 0. The molecule has 1 fully saturated rings. The second-order valence-electron chi connectivity index (χ2n) is 4.75. The first kappa shape index (κ1) is 18.2. The summed E-state index contributed by atoms with van der Waals surface area (Å²) in [6.07, 6.45) is -1.25. The molecule has 1 unspecified atom stereocenters. The number of halogens is 4. The van der Waals surface area contributed by atoms with E-state index in [0.29, 0.717) is 17.6 Å². The van der Waals surface area contributed by atoms with E-state index in [1.54, 1.807) is 0 Å². The largest absolute Gasteiger partial charge is 0.408 e. The van der Waals surface area contributed by atoms with Gasteiger partial charge in [-0.2, -0.15) is 22.6 Å². The number of nitrogens with zero attached hydrogens (tertiary/aromatic N) is 3. The molecule has 1 aromatic heterocycles. The second-order valence-corrected chi connectivity index (χ2v) is 6.69. The molecular formula is C10H16ClF3N4O2S. The molecule has 0 amide bonds. The summed E-state index contributed by atoms with van der Waals surface area (Å²) in [4.78, 5) is -0.240. The van der Waals surface area contributed by atoms with Crippen LogP contribution in [0, 0.1) is 0 Å².